The number of halogens is 1. The summed E-state index contributed by atoms with van der Waals surface area (Å²) in [6, 6.07) is 9.12. The van der Waals surface area contributed by atoms with Gasteiger partial charge in [0.1, 0.15) is 12.4 Å². The molecule has 1 aromatic heterocycles. The molecule has 88 valence electrons. The first-order valence-electron chi connectivity index (χ1n) is 5.12. The van der Waals surface area contributed by atoms with Crippen LogP contribution in [-0.4, -0.2) is 6.29 Å². The topological polar surface area (TPSA) is 26.3 Å². The van der Waals surface area contributed by atoms with Gasteiger partial charge in [-0.1, -0.05) is 17.7 Å². The molecule has 0 bridgehead atoms. The van der Waals surface area contributed by atoms with Crippen molar-refractivity contribution < 1.29 is 9.53 Å². The molecule has 0 amide bonds. The maximum absolute atomic E-state index is 10.6. The Morgan fingerprint density at radius 3 is 2.88 bits per heavy atom. The number of ether oxygens (including phenoxy) is 1. The van der Waals surface area contributed by atoms with Crippen LogP contribution < -0.4 is 4.74 Å². The van der Waals surface area contributed by atoms with Crippen molar-refractivity contribution >= 4 is 29.2 Å². The Balaban J connectivity index is 2.06. The number of benzene rings is 1. The van der Waals surface area contributed by atoms with E-state index in [-0.39, 0.29) is 0 Å². The summed E-state index contributed by atoms with van der Waals surface area (Å²) < 4.78 is 5.62. The molecule has 0 saturated carbocycles. The number of hydrogen-bond acceptors (Lipinski definition) is 3. The Kier molecular flexibility index (Phi) is 3.82. The lowest BCUT2D eigenvalue weighted by Gasteiger charge is -2.05. The van der Waals surface area contributed by atoms with Crippen LogP contribution in [0, 0.1) is 6.92 Å². The van der Waals surface area contributed by atoms with Crippen molar-refractivity contribution in [1.82, 2.24) is 0 Å². The number of carbonyl (C=O) groups is 1. The summed E-state index contributed by atoms with van der Waals surface area (Å²) in [5, 5.41) is 0.651. The molecular weight excluding hydrogens is 256 g/mol. The van der Waals surface area contributed by atoms with Crippen molar-refractivity contribution in [2.45, 2.75) is 13.5 Å². The SMILES string of the molecule is Cc1sc(C=O)cc1COc1cccc(Cl)c1. The Bertz CT molecular complexity index is 534. The minimum atomic E-state index is 0.455. The highest BCUT2D eigenvalue weighted by Crippen LogP contribution is 2.23. The molecule has 0 N–H and O–H groups in total. The Morgan fingerprint density at radius 1 is 1.41 bits per heavy atom. The van der Waals surface area contributed by atoms with Crippen LogP contribution in [0.4, 0.5) is 0 Å². The number of carbonyl (C=O) groups excluding carboxylic acids is 1. The smallest absolute Gasteiger partial charge is 0.160 e. The van der Waals surface area contributed by atoms with Crippen LogP contribution in [0.5, 0.6) is 5.75 Å². The second kappa shape index (κ2) is 5.34. The largest absolute Gasteiger partial charge is 0.489 e. The summed E-state index contributed by atoms with van der Waals surface area (Å²) in [6.45, 7) is 2.44. The molecule has 0 saturated heterocycles. The van der Waals surface area contributed by atoms with Gasteiger partial charge >= 0.3 is 0 Å². The monoisotopic (exact) mass is 266 g/mol. The van der Waals surface area contributed by atoms with E-state index in [1.54, 1.807) is 12.1 Å². The summed E-state index contributed by atoms with van der Waals surface area (Å²) in [4.78, 5) is 12.5. The minimum absolute atomic E-state index is 0.455. The summed E-state index contributed by atoms with van der Waals surface area (Å²) >= 11 is 7.34. The average molecular weight is 267 g/mol. The van der Waals surface area contributed by atoms with Crippen LogP contribution in [0.25, 0.3) is 0 Å². The lowest BCUT2D eigenvalue weighted by molar-refractivity contribution is 0.112. The number of aryl methyl sites for hydroxylation is 1. The van der Waals surface area contributed by atoms with Crippen LogP contribution in [0.15, 0.2) is 30.3 Å². The lowest BCUT2D eigenvalue weighted by atomic mass is 10.2. The normalized spacial score (nSPS) is 10.2. The molecule has 1 aromatic carbocycles. The molecule has 1 heterocycles. The van der Waals surface area contributed by atoms with Crippen molar-refractivity contribution in [3.63, 3.8) is 0 Å². The highest BCUT2D eigenvalue weighted by molar-refractivity contribution is 7.13. The van der Waals surface area contributed by atoms with Crippen molar-refractivity contribution in [1.29, 1.82) is 0 Å². The van der Waals surface area contributed by atoms with Crippen molar-refractivity contribution in [3.8, 4) is 5.75 Å². The summed E-state index contributed by atoms with van der Waals surface area (Å²) in [5.41, 5.74) is 1.04. The van der Waals surface area contributed by atoms with Gasteiger partial charge in [-0.05, 0) is 31.2 Å². The Labute approximate surface area is 109 Å². The molecule has 0 aliphatic rings. The third kappa shape index (κ3) is 3.08. The van der Waals surface area contributed by atoms with Crippen LogP contribution in [0.1, 0.15) is 20.1 Å². The van der Waals surface area contributed by atoms with Crippen LogP contribution in [0.2, 0.25) is 5.02 Å². The maximum atomic E-state index is 10.6. The van der Waals surface area contributed by atoms with E-state index >= 15 is 0 Å². The van der Waals surface area contributed by atoms with Crippen LogP contribution in [0.3, 0.4) is 0 Å². The van der Waals surface area contributed by atoms with Gasteiger partial charge in [-0.3, -0.25) is 4.79 Å². The molecule has 0 aliphatic carbocycles. The third-order valence-electron chi connectivity index (χ3n) is 2.35. The summed E-state index contributed by atoms with van der Waals surface area (Å²) in [6.07, 6.45) is 0.862. The molecule has 0 spiro atoms. The molecular formula is C13H11ClO2S. The van der Waals surface area contributed by atoms with Crippen molar-refractivity contribution in [2.75, 3.05) is 0 Å². The van der Waals surface area contributed by atoms with Gasteiger partial charge in [0.05, 0.1) is 4.88 Å². The fourth-order valence-electron chi connectivity index (χ4n) is 1.46. The zero-order valence-corrected chi connectivity index (χ0v) is 10.8. The van der Waals surface area contributed by atoms with E-state index in [1.807, 2.05) is 25.1 Å². The van der Waals surface area contributed by atoms with E-state index in [1.165, 1.54) is 11.3 Å². The molecule has 0 aliphatic heterocycles. The predicted molar refractivity (Wildman–Crippen MR) is 70.2 cm³/mol. The zero-order chi connectivity index (χ0) is 12.3. The summed E-state index contributed by atoms with van der Waals surface area (Å²) in [7, 11) is 0. The Hall–Kier alpha value is -1.32. The zero-order valence-electron chi connectivity index (χ0n) is 9.27. The Morgan fingerprint density at radius 2 is 2.24 bits per heavy atom. The van der Waals surface area contributed by atoms with Crippen LogP contribution in [-0.2, 0) is 6.61 Å². The number of thiophene rings is 1. The fraction of sp³-hybridized carbons (Fsp3) is 0.154. The first-order valence-corrected chi connectivity index (χ1v) is 6.31. The first kappa shape index (κ1) is 12.1. The highest BCUT2D eigenvalue weighted by atomic mass is 35.5. The number of aldehydes is 1. The van der Waals surface area contributed by atoms with E-state index in [2.05, 4.69) is 0 Å². The standard InChI is InChI=1S/C13H11ClO2S/c1-9-10(5-13(7-15)17-9)8-16-12-4-2-3-11(14)6-12/h2-7H,8H2,1H3. The predicted octanol–water partition coefficient (Wildman–Crippen LogP) is 4.10. The third-order valence-corrected chi connectivity index (χ3v) is 3.60. The van der Waals surface area contributed by atoms with Gasteiger partial charge in [0.25, 0.3) is 0 Å². The van der Waals surface area contributed by atoms with E-state index < -0.39 is 0 Å². The van der Waals surface area contributed by atoms with Gasteiger partial charge in [-0.2, -0.15) is 0 Å². The van der Waals surface area contributed by atoms with E-state index in [0.717, 1.165) is 27.4 Å². The second-order valence-corrected chi connectivity index (χ2v) is 5.32. The maximum Gasteiger partial charge on any atom is 0.160 e. The molecule has 2 nitrogen and oxygen atoms in total. The molecule has 0 radical (unpaired) electrons. The van der Waals surface area contributed by atoms with E-state index in [0.29, 0.717) is 11.6 Å². The average Bonchev–Trinajstić information content (AvgIpc) is 2.68. The molecule has 4 heteroatoms. The van der Waals surface area contributed by atoms with Crippen LogP contribution >= 0.6 is 22.9 Å². The molecule has 0 fully saturated rings. The minimum Gasteiger partial charge on any atom is -0.489 e. The van der Waals surface area contributed by atoms with Gasteiger partial charge in [-0.25, -0.2) is 0 Å². The van der Waals surface area contributed by atoms with Crippen molar-refractivity contribution in [3.05, 3.63) is 50.7 Å². The quantitative estimate of drug-likeness (QED) is 0.779. The van der Waals surface area contributed by atoms with E-state index in [4.69, 9.17) is 16.3 Å². The van der Waals surface area contributed by atoms with Gasteiger partial charge in [0.15, 0.2) is 6.29 Å². The summed E-state index contributed by atoms with van der Waals surface area (Å²) in [5.74, 6) is 0.732. The lowest BCUT2D eigenvalue weighted by Crippen LogP contribution is -1.95. The number of rotatable bonds is 4. The van der Waals surface area contributed by atoms with Gasteiger partial charge in [0.2, 0.25) is 0 Å². The molecule has 2 rings (SSSR count). The molecule has 0 unspecified atom stereocenters. The molecule has 17 heavy (non-hydrogen) atoms. The van der Waals surface area contributed by atoms with E-state index in [9.17, 15) is 4.79 Å². The fourth-order valence-corrected chi connectivity index (χ4v) is 2.50. The molecule has 0 atom stereocenters. The molecule has 2 aromatic rings. The second-order valence-electron chi connectivity index (χ2n) is 3.59. The van der Waals surface area contributed by atoms with Gasteiger partial charge in [-0.15, -0.1) is 11.3 Å². The highest BCUT2D eigenvalue weighted by Gasteiger charge is 2.05. The number of hydrogen-bond donors (Lipinski definition) is 0. The first-order chi connectivity index (χ1) is 8.19. The van der Waals surface area contributed by atoms with Crippen molar-refractivity contribution in [2.24, 2.45) is 0 Å². The van der Waals surface area contributed by atoms with Gasteiger partial charge < -0.3 is 4.74 Å². The van der Waals surface area contributed by atoms with Gasteiger partial charge in [0, 0.05) is 15.5 Å².